The van der Waals surface area contributed by atoms with Crippen LogP contribution in [0.3, 0.4) is 0 Å². The van der Waals surface area contributed by atoms with Crippen molar-refractivity contribution < 1.29 is 14.6 Å². The van der Waals surface area contributed by atoms with Gasteiger partial charge in [0.05, 0.1) is 18.0 Å². The summed E-state index contributed by atoms with van der Waals surface area (Å²) in [5, 5.41) is 11.7. The Labute approximate surface area is 93.7 Å². The normalized spacial score (nSPS) is 12.2. The molecule has 0 radical (unpaired) electrons. The molecule has 0 aromatic carbocycles. The number of aromatic nitrogens is 2. The molecule has 2 N–H and O–H groups in total. The molecule has 0 fully saturated rings. The Morgan fingerprint density at radius 1 is 1.62 bits per heavy atom. The van der Waals surface area contributed by atoms with E-state index in [2.05, 4.69) is 15.3 Å². The maximum Gasteiger partial charge on any atom is 0.328 e. The molecule has 1 atom stereocenters. The molecular formula is C10H15N3O3. The van der Waals surface area contributed by atoms with Gasteiger partial charge in [0, 0.05) is 13.3 Å². The zero-order valence-corrected chi connectivity index (χ0v) is 9.52. The third-order valence-electron chi connectivity index (χ3n) is 2.02. The molecule has 1 heterocycles. The Bertz CT molecular complexity index is 382. The molecule has 0 aliphatic rings. The second-order valence-electron chi connectivity index (χ2n) is 3.44. The lowest BCUT2D eigenvalue weighted by atomic mass is 10.3. The number of carbonyl (C=O) groups is 1. The van der Waals surface area contributed by atoms with Gasteiger partial charge in [0.2, 0.25) is 0 Å². The first-order valence-electron chi connectivity index (χ1n) is 4.83. The van der Waals surface area contributed by atoms with E-state index in [9.17, 15) is 4.79 Å². The number of aryl methyl sites for hydroxylation is 2. The fourth-order valence-corrected chi connectivity index (χ4v) is 1.18. The molecule has 6 heteroatoms. The Balaban J connectivity index is 2.84. The highest BCUT2D eigenvalue weighted by Gasteiger charge is 2.18. The largest absolute Gasteiger partial charge is 0.480 e. The number of ether oxygens (including phenoxy) is 1. The first kappa shape index (κ1) is 12.4. The summed E-state index contributed by atoms with van der Waals surface area (Å²) in [6.45, 7) is 3.63. The van der Waals surface area contributed by atoms with Crippen molar-refractivity contribution in [2.45, 2.75) is 19.9 Å². The topological polar surface area (TPSA) is 84.3 Å². The first-order chi connectivity index (χ1) is 7.54. The number of hydrogen-bond donors (Lipinski definition) is 2. The quantitative estimate of drug-likeness (QED) is 0.763. The molecule has 1 rings (SSSR count). The van der Waals surface area contributed by atoms with Gasteiger partial charge in [-0.1, -0.05) is 0 Å². The predicted molar refractivity (Wildman–Crippen MR) is 58.4 cm³/mol. The molecule has 1 aromatic heterocycles. The SMILES string of the molecule is COCC(Nc1nc(C)cnc1C)C(=O)O. The molecular weight excluding hydrogens is 210 g/mol. The molecule has 0 spiro atoms. The zero-order chi connectivity index (χ0) is 12.1. The van der Waals surface area contributed by atoms with Crippen LogP contribution in [0.5, 0.6) is 0 Å². The molecule has 0 saturated carbocycles. The molecule has 1 aromatic rings. The van der Waals surface area contributed by atoms with E-state index in [1.165, 1.54) is 7.11 Å². The van der Waals surface area contributed by atoms with Crippen molar-refractivity contribution in [2.75, 3.05) is 19.0 Å². The molecule has 6 nitrogen and oxygen atoms in total. The van der Waals surface area contributed by atoms with Crippen LogP contribution in [-0.2, 0) is 9.53 Å². The Morgan fingerprint density at radius 2 is 2.31 bits per heavy atom. The Hall–Kier alpha value is -1.69. The summed E-state index contributed by atoms with van der Waals surface area (Å²) in [6, 6.07) is -0.820. The van der Waals surface area contributed by atoms with Gasteiger partial charge in [-0.15, -0.1) is 0 Å². The van der Waals surface area contributed by atoms with Crippen molar-refractivity contribution in [3.05, 3.63) is 17.6 Å². The van der Waals surface area contributed by atoms with Crippen LogP contribution in [0.1, 0.15) is 11.4 Å². The van der Waals surface area contributed by atoms with Crippen LogP contribution in [0.4, 0.5) is 5.82 Å². The van der Waals surface area contributed by atoms with Crippen LogP contribution in [-0.4, -0.2) is 40.8 Å². The molecule has 0 amide bonds. The minimum absolute atomic E-state index is 0.0738. The predicted octanol–water partition coefficient (Wildman–Crippen LogP) is 0.605. The summed E-state index contributed by atoms with van der Waals surface area (Å²) in [6.07, 6.45) is 1.63. The van der Waals surface area contributed by atoms with E-state index in [1.807, 2.05) is 0 Å². The van der Waals surface area contributed by atoms with Gasteiger partial charge in [-0.25, -0.2) is 9.78 Å². The Morgan fingerprint density at radius 3 is 2.88 bits per heavy atom. The number of nitrogens with one attached hydrogen (secondary N) is 1. The second-order valence-corrected chi connectivity index (χ2v) is 3.44. The highest BCUT2D eigenvalue weighted by molar-refractivity contribution is 5.77. The van der Waals surface area contributed by atoms with Crippen LogP contribution < -0.4 is 5.32 Å². The van der Waals surface area contributed by atoms with Crippen LogP contribution in [0.15, 0.2) is 6.20 Å². The number of rotatable bonds is 5. The van der Waals surface area contributed by atoms with E-state index in [-0.39, 0.29) is 6.61 Å². The van der Waals surface area contributed by atoms with Gasteiger partial charge >= 0.3 is 5.97 Å². The number of anilines is 1. The maximum atomic E-state index is 10.9. The third kappa shape index (κ3) is 3.16. The van der Waals surface area contributed by atoms with Gasteiger partial charge in [0.25, 0.3) is 0 Å². The van der Waals surface area contributed by atoms with Crippen molar-refractivity contribution >= 4 is 11.8 Å². The summed E-state index contributed by atoms with van der Waals surface area (Å²) in [5.74, 6) is -0.506. The standard InChI is InChI=1S/C10H15N3O3/c1-6-4-11-7(2)9(12-6)13-8(5-16-3)10(14)15/h4,8H,5H2,1-3H3,(H,12,13)(H,14,15). The molecule has 88 valence electrons. The number of methoxy groups -OCH3 is 1. The summed E-state index contributed by atoms with van der Waals surface area (Å²) < 4.78 is 4.82. The molecule has 0 aliphatic carbocycles. The minimum Gasteiger partial charge on any atom is -0.480 e. The van der Waals surface area contributed by atoms with Gasteiger partial charge in [0.15, 0.2) is 0 Å². The lowest BCUT2D eigenvalue weighted by Gasteiger charge is -2.15. The van der Waals surface area contributed by atoms with Gasteiger partial charge < -0.3 is 15.2 Å². The number of carboxylic acid groups (broad SMARTS) is 1. The van der Waals surface area contributed by atoms with Crippen molar-refractivity contribution in [3.8, 4) is 0 Å². The lowest BCUT2D eigenvalue weighted by Crippen LogP contribution is -2.34. The summed E-state index contributed by atoms with van der Waals surface area (Å²) in [5.41, 5.74) is 1.39. The van der Waals surface area contributed by atoms with Crippen molar-refractivity contribution in [3.63, 3.8) is 0 Å². The summed E-state index contributed by atoms with van der Waals surface area (Å²) in [4.78, 5) is 19.2. The average Bonchev–Trinajstić information content (AvgIpc) is 2.22. The van der Waals surface area contributed by atoms with Gasteiger partial charge in [-0.05, 0) is 13.8 Å². The van der Waals surface area contributed by atoms with Crippen LogP contribution in [0, 0.1) is 13.8 Å². The van der Waals surface area contributed by atoms with Crippen LogP contribution in [0.25, 0.3) is 0 Å². The summed E-state index contributed by atoms with van der Waals surface area (Å²) >= 11 is 0. The zero-order valence-electron chi connectivity index (χ0n) is 9.52. The maximum absolute atomic E-state index is 10.9. The number of hydrogen-bond acceptors (Lipinski definition) is 5. The fraction of sp³-hybridized carbons (Fsp3) is 0.500. The fourth-order valence-electron chi connectivity index (χ4n) is 1.18. The minimum atomic E-state index is -0.982. The molecule has 0 bridgehead atoms. The van der Waals surface area contributed by atoms with Crippen molar-refractivity contribution in [1.82, 2.24) is 9.97 Å². The van der Waals surface area contributed by atoms with E-state index in [0.717, 1.165) is 5.69 Å². The van der Waals surface area contributed by atoms with E-state index >= 15 is 0 Å². The monoisotopic (exact) mass is 225 g/mol. The van der Waals surface area contributed by atoms with Crippen LogP contribution >= 0.6 is 0 Å². The lowest BCUT2D eigenvalue weighted by molar-refractivity contribution is -0.139. The van der Waals surface area contributed by atoms with E-state index < -0.39 is 12.0 Å². The molecule has 16 heavy (non-hydrogen) atoms. The van der Waals surface area contributed by atoms with Gasteiger partial charge in [0.1, 0.15) is 11.9 Å². The number of nitrogens with zero attached hydrogens (tertiary/aromatic N) is 2. The van der Waals surface area contributed by atoms with Gasteiger partial charge in [-0.3, -0.25) is 4.98 Å². The third-order valence-corrected chi connectivity index (χ3v) is 2.02. The van der Waals surface area contributed by atoms with Crippen molar-refractivity contribution in [2.24, 2.45) is 0 Å². The highest BCUT2D eigenvalue weighted by atomic mass is 16.5. The Kier molecular flexibility index (Phi) is 4.19. The van der Waals surface area contributed by atoms with Crippen LogP contribution in [0.2, 0.25) is 0 Å². The second kappa shape index (κ2) is 5.41. The molecule has 0 saturated heterocycles. The highest BCUT2D eigenvalue weighted by Crippen LogP contribution is 2.10. The molecule has 0 aliphatic heterocycles. The van der Waals surface area contributed by atoms with Crippen molar-refractivity contribution in [1.29, 1.82) is 0 Å². The van der Waals surface area contributed by atoms with E-state index in [1.54, 1.807) is 20.0 Å². The smallest absolute Gasteiger partial charge is 0.328 e. The van der Waals surface area contributed by atoms with Gasteiger partial charge in [-0.2, -0.15) is 0 Å². The average molecular weight is 225 g/mol. The first-order valence-corrected chi connectivity index (χ1v) is 4.83. The number of carboxylic acids is 1. The summed E-state index contributed by atoms with van der Waals surface area (Å²) in [7, 11) is 1.45. The van der Waals surface area contributed by atoms with E-state index in [4.69, 9.17) is 9.84 Å². The molecule has 1 unspecified atom stereocenters. The number of aliphatic carboxylic acids is 1. The van der Waals surface area contributed by atoms with E-state index in [0.29, 0.717) is 11.5 Å².